The summed E-state index contributed by atoms with van der Waals surface area (Å²) in [6.07, 6.45) is -4.60. The summed E-state index contributed by atoms with van der Waals surface area (Å²) in [6, 6.07) is 5.33. The van der Waals surface area contributed by atoms with Gasteiger partial charge in [-0.3, -0.25) is 10.1 Å². The fourth-order valence-electron chi connectivity index (χ4n) is 2.07. The Hall–Kier alpha value is -2.79. The molecular weight excluding hydrogens is 439 g/mol. The van der Waals surface area contributed by atoms with Gasteiger partial charge in [-0.05, 0) is 36.0 Å². The fraction of sp³-hybridized carbons (Fsp3) is 0.176. The lowest BCUT2D eigenvalue weighted by Gasteiger charge is -2.12. The topological polar surface area (TPSA) is 95.7 Å². The van der Waals surface area contributed by atoms with Gasteiger partial charge in [0.25, 0.3) is 5.69 Å². The highest BCUT2D eigenvalue weighted by Crippen LogP contribution is 2.37. The Morgan fingerprint density at radius 1 is 1.21 bits per heavy atom. The number of hydrogen-bond acceptors (Lipinski definition) is 7. The molecule has 2 aromatic carbocycles. The highest BCUT2D eigenvalue weighted by molar-refractivity contribution is 8.13. The van der Waals surface area contributed by atoms with Crippen molar-refractivity contribution in [2.45, 2.75) is 13.1 Å². The largest absolute Gasteiger partial charge is 0.456 e. The molecule has 2 aromatic rings. The van der Waals surface area contributed by atoms with Crippen molar-refractivity contribution >= 4 is 40.3 Å². The average molecular weight is 450 g/mol. The summed E-state index contributed by atoms with van der Waals surface area (Å²) in [5.41, 5.74) is -2.20. The number of nitrogens with zero attached hydrogens (tertiary/aromatic N) is 1. The number of alkyl halides is 3. The van der Waals surface area contributed by atoms with Crippen molar-refractivity contribution in [3.05, 3.63) is 62.7 Å². The molecule has 0 N–H and O–H groups in total. The van der Waals surface area contributed by atoms with Crippen molar-refractivity contribution in [2.24, 2.45) is 0 Å². The lowest BCUT2D eigenvalue weighted by Crippen LogP contribution is -2.11. The number of carbonyl (C=O) groups is 2. The van der Waals surface area contributed by atoms with E-state index in [-0.39, 0.29) is 16.5 Å². The van der Waals surface area contributed by atoms with E-state index in [1.807, 2.05) is 0 Å². The molecule has 0 aliphatic carbocycles. The monoisotopic (exact) mass is 449 g/mol. The van der Waals surface area contributed by atoms with Crippen LogP contribution in [0, 0.1) is 10.1 Å². The lowest BCUT2D eigenvalue weighted by atomic mass is 10.1. The number of benzene rings is 2. The Labute approximate surface area is 170 Å². The van der Waals surface area contributed by atoms with Crippen LogP contribution in [0.4, 0.5) is 23.7 Å². The number of thioether (sulfide) groups is 1. The van der Waals surface area contributed by atoms with Crippen LogP contribution < -0.4 is 4.74 Å². The van der Waals surface area contributed by atoms with Crippen molar-refractivity contribution in [1.29, 1.82) is 0 Å². The summed E-state index contributed by atoms with van der Waals surface area (Å²) >= 11 is 6.49. The quantitative estimate of drug-likeness (QED) is 0.236. The van der Waals surface area contributed by atoms with E-state index in [0.29, 0.717) is 23.6 Å². The Balaban J connectivity index is 2.34. The maximum Gasteiger partial charge on any atom is 0.416 e. The standard InChI is InChI=1S/C17H11ClF3NO6S/c1-2-29-16(24)28-15(23)11-8-10(4-5-13(11)22(25)26)27-14-6-3-9(7-12(14)18)17(19,20)21/h3-8H,2H2,1H3. The zero-order valence-corrected chi connectivity index (χ0v) is 16.1. The van der Waals surface area contributed by atoms with Gasteiger partial charge in [0.15, 0.2) is 0 Å². The van der Waals surface area contributed by atoms with E-state index in [1.165, 1.54) is 0 Å². The molecule has 2 rings (SSSR count). The minimum absolute atomic E-state index is 0.139. The zero-order valence-electron chi connectivity index (χ0n) is 14.5. The van der Waals surface area contributed by atoms with Crippen molar-refractivity contribution in [3.8, 4) is 11.5 Å². The van der Waals surface area contributed by atoms with Crippen LogP contribution in [-0.2, 0) is 10.9 Å². The van der Waals surface area contributed by atoms with E-state index in [2.05, 4.69) is 4.74 Å². The highest BCUT2D eigenvalue weighted by Gasteiger charge is 2.31. The summed E-state index contributed by atoms with van der Waals surface area (Å²) in [4.78, 5) is 33.8. The molecule has 0 aliphatic rings. The third-order valence-corrected chi connectivity index (χ3v) is 4.21. The maximum absolute atomic E-state index is 12.7. The Morgan fingerprint density at radius 3 is 2.45 bits per heavy atom. The Morgan fingerprint density at radius 2 is 1.90 bits per heavy atom. The van der Waals surface area contributed by atoms with E-state index in [0.717, 1.165) is 30.3 Å². The van der Waals surface area contributed by atoms with Gasteiger partial charge in [-0.15, -0.1) is 0 Å². The summed E-state index contributed by atoms with van der Waals surface area (Å²) in [5, 5.41) is 9.83. The number of halogens is 4. The molecule has 29 heavy (non-hydrogen) atoms. The van der Waals surface area contributed by atoms with Crippen LogP contribution in [0.1, 0.15) is 22.8 Å². The van der Waals surface area contributed by atoms with E-state index in [4.69, 9.17) is 16.3 Å². The van der Waals surface area contributed by atoms with E-state index in [9.17, 15) is 32.9 Å². The van der Waals surface area contributed by atoms with Gasteiger partial charge < -0.3 is 9.47 Å². The van der Waals surface area contributed by atoms with Gasteiger partial charge in [-0.1, -0.05) is 18.5 Å². The van der Waals surface area contributed by atoms with Crippen LogP contribution in [0.25, 0.3) is 0 Å². The third kappa shape index (κ3) is 5.84. The normalized spacial score (nSPS) is 11.1. The predicted molar refractivity (Wildman–Crippen MR) is 98.6 cm³/mol. The molecule has 0 atom stereocenters. The fourth-order valence-corrected chi connectivity index (χ4v) is 2.66. The second-order valence-corrected chi connectivity index (χ2v) is 6.86. The number of rotatable bonds is 5. The number of nitro groups is 1. The van der Waals surface area contributed by atoms with Crippen LogP contribution in [-0.4, -0.2) is 21.9 Å². The van der Waals surface area contributed by atoms with Crippen molar-refractivity contribution in [1.82, 2.24) is 0 Å². The van der Waals surface area contributed by atoms with E-state index < -0.39 is 39.2 Å². The highest BCUT2D eigenvalue weighted by atomic mass is 35.5. The van der Waals surface area contributed by atoms with Gasteiger partial charge in [-0.2, -0.15) is 13.2 Å². The third-order valence-electron chi connectivity index (χ3n) is 3.31. The number of esters is 1. The van der Waals surface area contributed by atoms with Gasteiger partial charge >= 0.3 is 17.4 Å². The first-order chi connectivity index (χ1) is 13.5. The van der Waals surface area contributed by atoms with Crippen LogP contribution in [0.3, 0.4) is 0 Å². The van der Waals surface area contributed by atoms with Gasteiger partial charge in [0.2, 0.25) is 0 Å². The van der Waals surface area contributed by atoms with Gasteiger partial charge in [-0.25, -0.2) is 9.59 Å². The summed E-state index contributed by atoms with van der Waals surface area (Å²) in [7, 11) is 0. The smallest absolute Gasteiger partial charge is 0.416 e. The maximum atomic E-state index is 12.7. The second kappa shape index (κ2) is 9.14. The van der Waals surface area contributed by atoms with E-state index >= 15 is 0 Å². The molecule has 0 heterocycles. The first-order valence-electron chi connectivity index (χ1n) is 7.75. The number of ether oxygens (including phenoxy) is 2. The Bertz CT molecular complexity index is 967. The number of carbonyl (C=O) groups excluding carboxylic acids is 2. The SMILES string of the molecule is CCSC(=O)OC(=O)c1cc(Oc2ccc(C(F)(F)F)cc2Cl)ccc1[N+](=O)[O-]. The molecule has 12 heteroatoms. The first-order valence-corrected chi connectivity index (χ1v) is 9.11. The van der Waals surface area contributed by atoms with Crippen LogP contribution in [0.5, 0.6) is 11.5 Å². The molecule has 154 valence electrons. The van der Waals surface area contributed by atoms with Crippen molar-refractivity contribution in [3.63, 3.8) is 0 Å². The van der Waals surface area contributed by atoms with Gasteiger partial charge in [0.1, 0.15) is 17.1 Å². The van der Waals surface area contributed by atoms with Gasteiger partial charge in [0.05, 0.1) is 15.5 Å². The minimum atomic E-state index is -4.60. The first kappa shape index (κ1) is 22.5. The van der Waals surface area contributed by atoms with Crippen molar-refractivity contribution < 1.29 is 37.2 Å². The van der Waals surface area contributed by atoms with Crippen LogP contribution >= 0.6 is 23.4 Å². The van der Waals surface area contributed by atoms with Gasteiger partial charge in [0, 0.05) is 17.9 Å². The minimum Gasteiger partial charge on any atom is -0.456 e. The molecular formula is C17H11ClF3NO6S. The summed E-state index contributed by atoms with van der Waals surface area (Å²) in [6.45, 7) is 1.64. The van der Waals surface area contributed by atoms with Crippen LogP contribution in [0.2, 0.25) is 5.02 Å². The molecule has 0 saturated carbocycles. The molecule has 0 spiro atoms. The molecule has 0 fully saturated rings. The van der Waals surface area contributed by atoms with E-state index in [1.54, 1.807) is 6.92 Å². The predicted octanol–water partition coefficient (Wildman–Crippen LogP) is 6.09. The molecule has 0 aromatic heterocycles. The molecule has 0 radical (unpaired) electrons. The van der Waals surface area contributed by atoms with Crippen LogP contribution in [0.15, 0.2) is 36.4 Å². The summed E-state index contributed by atoms with van der Waals surface area (Å²) < 4.78 is 48.0. The lowest BCUT2D eigenvalue weighted by molar-refractivity contribution is -0.385. The van der Waals surface area contributed by atoms with Crippen molar-refractivity contribution in [2.75, 3.05) is 5.75 Å². The zero-order chi connectivity index (χ0) is 21.8. The molecule has 7 nitrogen and oxygen atoms in total. The molecule has 0 saturated heterocycles. The molecule has 0 unspecified atom stereocenters. The molecule has 0 aliphatic heterocycles. The number of hydrogen-bond donors (Lipinski definition) is 0. The molecule has 0 amide bonds. The molecule has 0 bridgehead atoms. The Kier molecular flexibility index (Phi) is 7.09. The second-order valence-electron chi connectivity index (χ2n) is 5.25. The average Bonchev–Trinajstić information content (AvgIpc) is 2.62. The summed E-state index contributed by atoms with van der Waals surface area (Å²) in [5.74, 6) is -1.26. The number of nitro benzene ring substituents is 1.